The van der Waals surface area contributed by atoms with E-state index in [1.807, 2.05) is 0 Å². The first-order valence-electron chi connectivity index (χ1n) is 12.6. The van der Waals surface area contributed by atoms with E-state index in [-0.39, 0.29) is 69.5 Å². The van der Waals surface area contributed by atoms with Gasteiger partial charge in [0.15, 0.2) is 0 Å². The van der Waals surface area contributed by atoms with Crippen LogP contribution >= 0.6 is 0 Å². The van der Waals surface area contributed by atoms with Gasteiger partial charge in [-0.25, -0.2) is 13.4 Å². The molecule has 2 fully saturated rings. The second kappa shape index (κ2) is 10.5. The van der Waals surface area contributed by atoms with Crippen LogP contribution in [0.25, 0.3) is 0 Å². The number of sulfonamides is 1. The van der Waals surface area contributed by atoms with Crippen molar-refractivity contribution in [2.24, 2.45) is 0 Å². The number of amides is 1. The largest absolute Gasteiger partial charge is 0.416 e. The number of alkyl halides is 6. The Labute approximate surface area is 231 Å². The fraction of sp³-hybridized carbons (Fsp3) is 0.440. The Balaban J connectivity index is 1.19. The van der Waals surface area contributed by atoms with Gasteiger partial charge in [-0.2, -0.15) is 30.6 Å². The maximum absolute atomic E-state index is 13.1. The van der Waals surface area contributed by atoms with Crippen LogP contribution in [0.5, 0.6) is 0 Å². The number of nitrogens with zero attached hydrogens (tertiary/aromatic N) is 4. The lowest BCUT2D eigenvalue weighted by atomic mass is 9.92. The van der Waals surface area contributed by atoms with Gasteiger partial charge in [0.05, 0.1) is 16.0 Å². The van der Waals surface area contributed by atoms with Crippen LogP contribution < -0.4 is 10.4 Å². The number of hydrogen-bond acceptors (Lipinski definition) is 7. The normalized spacial score (nSPS) is 20.2. The number of piperidine rings is 1. The molecule has 5 rings (SSSR count). The molecule has 0 aliphatic carbocycles. The van der Waals surface area contributed by atoms with Crippen molar-refractivity contribution in [1.82, 2.24) is 19.7 Å². The number of carbonyl (C=O) groups is 1. The van der Waals surface area contributed by atoms with Gasteiger partial charge in [0.25, 0.3) is 5.91 Å². The summed E-state index contributed by atoms with van der Waals surface area (Å²) >= 11 is 0. The van der Waals surface area contributed by atoms with Gasteiger partial charge < -0.3 is 9.80 Å². The Hall–Kier alpha value is -3.37. The minimum Gasteiger partial charge on any atom is -0.353 e. The van der Waals surface area contributed by atoms with Crippen LogP contribution in [-0.4, -0.2) is 73.4 Å². The predicted octanol–water partition coefficient (Wildman–Crippen LogP) is 3.41. The Morgan fingerprint density at radius 2 is 1.54 bits per heavy atom. The molecule has 0 saturated carbocycles. The van der Waals surface area contributed by atoms with Gasteiger partial charge >= 0.3 is 12.4 Å². The zero-order valence-corrected chi connectivity index (χ0v) is 22.2. The van der Waals surface area contributed by atoms with Gasteiger partial charge in [-0.1, -0.05) is 6.07 Å². The molecule has 3 aliphatic heterocycles. The highest BCUT2D eigenvalue weighted by atomic mass is 32.2. The molecule has 1 amide bonds. The van der Waals surface area contributed by atoms with E-state index in [4.69, 9.17) is 4.84 Å². The van der Waals surface area contributed by atoms with Gasteiger partial charge in [0, 0.05) is 45.5 Å². The highest BCUT2D eigenvalue weighted by molar-refractivity contribution is 7.89. The SMILES string of the molecule is O=C(C1=CC2(CCN(S(=O)(=O)c3cccc(C(F)(F)F)c3)CC2)ON1)N1CCN(c2cc(C(F)(F)F)ccn2)CC1. The van der Waals surface area contributed by atoms with Crippen LogP contribution in [0.2, 0.25) is 0 Å². The summed E-state index contributed by atoms with van der Waals surface area (Å²) < 4.78 is 105. The quantitative estimate of drug-likeness (QED) is 0.534. The van der Waals surface area contributed by atoms with Gasteiger partial charge in [0.1, 0.15) is 17.1 Å². The van der Waals surface area contributed by atoms with Crippen molar-refractivity contribution < 1.29 is 44.4 Å². The third-order valence-corrected chi connectivity index (χ3v) is 9.23. The maximum atomic E-state index is 13.1. The van der Waals surface area contributed by atoms with Crippen LogP contribution in [0.3, 0.4) is 0 Å². The third-order valence-electron chi connectivity index (χ3n) is 7.33. The number of rotatable bonds is 4. The van der Waals surface area contributed by atoms with E-state index in [0.29, 0.717) is 6.07 Å². The van der Waals surface area contributed by atoms with Crippen molar-refractivity contribution in [3.8, 4) is 0 Å². The van der Waals surface area contributed by atoms with Crippen LogP contribution in [0.1, 0.15) is 24.0 Å². The summed E-state index contributed by atoms with van der Waals surface area (Å²) in [5.41, 5.74) is -0.0734. The molecule has 1 N–H and O–H groups in total. The number of carbonyl (C=O) groups excluding carboxylic acids is 1. The van der Waals surface area contributed by atoms with Crippen LogP contribution in [-0.2, 0) is 32.0 Å². The molecule has 16 heteroatoms. The van der Waals surface area contributed by atoms with Crippen molar-refractivity contribution in [2.75, 3.05) is 44.2 Å². The third kappa shape index (κ3) is 5.99. The summed E-state index contributed by atoms with van der Waals surface area (Å²) in [6.07, 6.45) is -6.19. The summed E-state index contributed by atoms with van der Waals surface area (Å²) in [5, 5.41) is 0. The Kier molecular flexibility index (Phi) is 7.44. The van der Waals surface area contributed by atoms with E-state index < -0.39 is 44.0 Å². The number of anilines is 1. The lowest BCUT2D eigenvalue weighted by molar-refractivity contribution is -0.138. The molecule has 9 nitrogen and oxygen atoms in total. The molecule has 2 saturated heterocycles. The fourth-order valence-corrected chi connectivity index (χ4v) is 6.48. The molecule has 4 heterocycles. The number of pyridine rings is 1. The van der Waals surface area contributed by atoms with E-state index in [9.17, 15) is 39.6 Å². The van der Waals surface area contributed by atoms with E-state index in [2.05, 4.69) is 10.5 Å². The second-order valence-corrected chi connectivity index (χ2v) is 11.9. The molecule has 41 heavy (non-hydrogen) atoms. The minimum absolute atomic E-state index is 0.0408. The molecule has 0 atom stereocenters. The topological polar surface area (TPSA) is 95.1 Å². The number of halogens is 6. The summed E-state index contributed by atoms with van der Waals surface area (Å²) in [6, 6.07) is 5.42. The lowest BCUT2D eigenvalue weighted by Crippen LogP contribution is -2.50. The Morgan fingerprint density at radius 3 is 2.17 bits per heavy atom. The number of aromatic nitrogens is 1. The number of hydroxylamine groups is 1. The van der Waals surface area contributed by atoms with E-state index in [0.717, 1.165) is 40.8 Å². The van der Waals surface area contributed by atoms with Crippen molar-refractivity contribution in [2.45, 2.75) is 35.7 Å². The summed E-state index contributed by atoms with van der Waals surface area (Å²) in [5.74, 6) is -0.211. The first-order valence-corrected chi connectivity index (χ1v) is 14.0. The lowest BCUT2D eigenvalue weighted by Gasteiger charge is -2.35. The molecule has 1 aromatic carbocycles. The smallest absolute Gasteiger partial charge is 0.353 e. The molecule has 1 spiro atoms. The Morgan fingerprint density at radius 1 is 0.902 bits per heavy atom. The van der Waals surface area contributed by atoms with Gasteiger partial charge in [-0.15, -0.1) is 0 Å². The fourth-order valence-electron chi connectivity index (χ4n) is 4.99. The zero-order valence-electron chi connectivity index (χ0n) is 21.4. The van der Waals surface area contributed by atoms with Crippen molar-refractivity contribution in [1.29, 1.82) is 0 Å². The Bertz CT molecular complexity index is 1450. The van der Waals surface area contributed by atoms with E-state index in [1.54, 1.807) is 11.0 Å². The first kappa shape index (κ1) is 29.1. The molecule has 222 valence electrons. The van der Waals surface area contributed by atoms with Crippen molar-refractivity contribution >= 4 is 21.7 Å². The maximum Gasteiger partial charge on any atom is 0.416 e. The average molecular weight is 606 g/mol. The number of benzene rings is 1. The molecule has 0 unspecified atom stereocenters. The molecule has 1 aromatic heterocycles. The number of nitrogens with one attached hydrogen (secondary N) is 1. The number of hydrogen-bond donors (Lipinski definition) is 1. The summed E-state index contributed by atoms with van der Waals surface area (Å²) in [4.78, 5) is 25.5. The highest BCUT2D eigenvalue weighted by Gasteiger charge is 2.44. The summed E-state index contributed by atoms with van der Waals surface area (Å²) in [6.45, 7) is 0.905. The second-order valence-electron chi connectivity index (χ2n) is 9.94. The molecule has 3 aliphatic rings. The summed E-state index contributed by atoms with van der Waals surface area (Å²) in [7, 11) is -4.19. The van der Waals surface area contributed by atoms with Crippen LogP contribution in [0, 0.1) is 0 Å². The van der Waals surface area contributed by atoms with Gasteiger partial charge in [-0.05, 0) is 49.2 Å². The monoisotopic (exact) mass is 605 g/mol. The standard InChI is InChI=1S/C25H25F6N5O4S/c26-24(27,28)17-2-1-3-19(14-17)41(38,39)36-8-5-23(6-9-36)16-20(33-40-23)22(37)35-12-10-34(11-13-35)21-15-18(4-7-32-21)25(29,30)31/h1-4,7,14-16,33H,5-6,8-13H2. The van der Waals surface area contributed by atoms with Crippen molar-refractivity contribution in [3.05, 3.63) is 65.5 Å². The molecule has 0 radical (unpaired) electrons. The number of piperazine rings is 1. The molecular weight excluding hydrogens is 580 g/mol. The van der Waals surface area contributed by atoms with Crippen LogP contribution in [0.4, 0.5) is 32.2 Å². The minimum atomic E-state index is -4.68. The highest BCUT2D eigenvalue weighted by Crippen LogP contribution is 2.36. The van der Waals surface area contributed by atoms with Gasteiger partial charge in [0.2, 0.25) is 10.0 Å². The molecular formula is C25H25F6N5O4S. The van der Waals surface area contributed by atoms with E-state index >= 15 is 0 Å². The predicted molar refractivity (Wildman–Crippen MR) is 133 cm³/mol. The van der Waals surface area contributed by atoms with Gasteiger partial charge in [-0.3, -0.25) is 15.1 Å². The zero-order chi connectivity index (χ0) is 29.6. The first-order chi connectivity index (χ1) is 19.2. The molecule has 2 aromatic rings. The van der Waals surface area contributed by atoms with Crippen molar-refractivity contribution in [3.63, 3.8) is 0 Å². The molecule has 0 bridgehead atoms. The van der Waals surface area contributed by atoms with Crippen LogP contribution in [0.15, 0.2) is 59.3 Å². The van der Waals surface area contributed by atoms with E-state index in [1.165, 1.54) is 4.90 Å². The average Bonchev–Trinajstić information content (AvgIpc) is 3.35.